The van der Waals surface area contributed by atoms with Gasteiger partial charge in [-0.1, -0.05) is 12.1 Å². The van der Waals surface area contributed by atoms with E-state index in [1.807, 2.05) is 0 Å². The van der Waals surface area contributed by atoms with E-state index in [1.165, 1.54) is 6.92 Å². The van der Waals surface area contributed by atoms with E-state index in [9.17, 15) is 14.3 Å². The van der Waals surface area contributed by atoms with Crippen molar-refractivity contribution in [3.05, 3.63) is 29.8 Å². The van der Waals surface area contributed by atoms with Crippen molar-refractivity contribution in [2.45, 2.75) is 13.3 Å². The van der Waals surface area contributed by atoms with Crippen molar-refractivity contribution in [1.29, 1.82) is 0 Å². The summed E-state index contributed by atoms with van der Waals surface area (Å²) in [7, 11) is -2.88. The lowest BCUT2D eigenvalue weighted by Gasteiger charge is -2.03. The molecule has 0 bridgehead atoms. The second-order valence-electron chi connectivity index (χ2n) is 3.20. The Morgan fingerprint density at radius 2 is 2.06 bits per heavy atom. The van der Waals surface area contributed by atoms with Gasteiger partial charge in [0.2, 0.25) is 0 Å². The van der Waals surface area contributed by atoms with Crippen molar-refractivity contribution in [1.82, 2.24) is 5.48 Å². The highest BCUT2D eigenvalue weighted by atomic mass is 31.1. The van der Waals surface area contributed by atoms with E-state index in [2.05, 4.69) is 14.8 Å². The number of hydrogen-bond donors (Lipinski definition) is 1. The summed E-state index contributed by atoms with van der Waals surface area (Å²) in [5.74, 6) is -0.120. The van der Waals surface area contributed by atoms with Gasteiger partial charge in [-0.2, -0.15) is 5.48 Å². The highest BCUT2D eigenvalue weighted by Crippen LogP contribution is 2.20. The molecule has 7 heteroatoms. The number of carbonyl (C=O) groups is 1. The van der Waals surface area contributed by atoms with Gasteiger partial charge in [-0.25, -0.2) is 0 Å². The fraction of sp³-hybridized carbons (Fsp3) is 0.300. The maximum absolute atomic E-state index is 10.4. The van der Waals surface area contributed by atoms with Crippen LogP contribution in [0.25, 0.3) is 0 Å². The van der Waals surface area contributed by atoms with Gasteiger partial charge in [-0.15, -0.1) is 0 Å². The predicted octanol–water partition coefficient (Wildman–Crippen LogP) is 0.693. The van der Waals surface area contributed by atoms with Crippen LogP contribution < -0.4 is 14.9 Å². The lowest BCUT2D eigenvalue weighted by Crippen LogP contribution is -2.20. The Hall–Kier alpha value is -1.49. The SMILES string of the molecule is CC(=O)ONCCc1ccc(O[P+](=O)[O-])cc1. The number of nitrogens with one attached hydrogen (secondary N) is 1. The Bertz CT molecular complexity index is 392. The summed E-state index contributed by atoms with van der Waals surface area (Å²) in [4.78, 5) is 25.3. The zero-order valence-electron chi connectivity index (χ0n) is 9.21. The molecular formula is C10H12NO5P. The van der Waals surface area contributed by atoms with E-state index in [4.69, 9.17) is 0 Å². The molecule has 92 valence electrons. The van der Waals surface area contributed by atoms with Gasteiger partial charge < -0.3 is 9.73 Å². The van der Waals surface area contributed by atoms with Gasteiger partial charge in [-0.3, -0.25) is 9.32 Å². The van der Waals surface area contributed by atoms with Crippen LogP contribution in [0, 0.1) is 0 Å². The van der Waals surface area contributed by atoms with E-state index in [-0.39, 0.29) is 5.75 Å². The summed E-state index contributed by atoms with van der Waals surface area (Å²) in [6, 6.07) is 6.60. The van der Waals surface area contributed by atoms with Crippen molar-refractivity contribution in [2.24, 2.45) is 0 Å². The molecule has 1 aromatic carbocycles. The molecule has 0 amide bonds. The largest absolute Gasteiger partial charge is 0.558 e. The lowest BCUT2D eigenvalue weighted by atomic mass is 10.1. The number of benzene rings is 1. The van der Waals surface area contributed by atoms with E-state index in [1.54, 1.807) is 24.3 Å². The second kappa shape index (κ2) is 6.96. The summed E-state index contributed by atoms with van der Waals surface area (Å²) in [6.07, 6.45) is 0.650. The lowest BCUT2D eigenvalue weighted by molar-refractivity contribution is -0.178. The molecule has 0 aromatic heterocycles. The van der Waals surface area contributed by atoms with Crippen molar-refractivity contribution >= 4 is 14.2 Å². The van der Waals surface area contributed by atoms with Gasteiger partial charge in [-0.05, 0) is 28.7 Å². The third-order valence-electron chi connectivity index (χ3n) is 1.83. The fourth-order valence-corrected chi connectivity index (χ4v) is 1.44. The van der Waals surface area contributed by atoms with E-state index in [0.29, 0.717) is 13.0 Å². The van der Waals surface area contributed by atoms with Crippen LogP contribution >= 0.6 is 8.25 Å². The van der Waals surface area contributed by atoms with Crippen molar-refractivity contribution in [2.75, 3.05) is 6.54 Å². The fourth-order valence-electron chi connectivity index (χ4n) is 1.15. The number of hydroxylamine groups is 1. The maximum Gasteiger partial charge on any atom is 0.539 e. The minimum absolute atomic E-state index is 0.276. The van der Waals surface area contributed by atoms with Crippen LogP contribution in [0.2, 0.25) is 0 Å². The molecule has 0 radical (unpaired) electrons. The quantitative estimate of drug-likeness (QED) is 0.458. The Morgan fingerprint density at radius 1 is 1.41 bits per heavy atom. The number of hydrogen-bond acceptors (Lipinski definition) is 6. The third-order valence-corrected chi connectivity index (χ3v) is 2.19. The van der Waals surface area contributed by atoms with E-state index >= 15 is 0 Å². The molecule has 0 aliphatic rings. The molecule has 0 saturated carbocycles. The van der Waals surface area contributed by atoms with Crippen LogP contribution in [0.4, 0.5) is 0 Å². The van der Waals surface area contributed by atoms with Gasteiger partial charge in [0.05, 0.1) is 0 Å². The first-order chi connectivity index (χ1) is 8.08. The normalized spacial score (nSPS) is 10.8. The van der Waals surface area contributed by atoms with Crippen LogP contribution in [-0.4, -0.2) is 12.5 Å². The first kappa shape index (κ1) is 13.6. The van der Waals surface area contributed by atoms with E-state index in [0.717, 1.165) is 5.56 Å². The predicted molar refractivity (Wildman–Crippen MR) is 58.1 cm³/mol. The Labute approximate surface area is 99.5 Å². The van der Waals surface area contributed by atoms with Crippen LogP contribution in [0.5, 0.6) is 5.75 Å². The average molecular weight is 257 g/mol. The summed E-state index contributed by atoms with van der Waals surface area (Å²) < 4.78 is 14.8. The van der Waals surface area contributed by atoms with Crippen LogP contribution in [0.1, 0.15) is 12.5 Å². The summed E-state index contributed by atoms with van der Waals surface area (Å²) in [5, 5.41) is 0. The molecule has 1 aromatic rings. The minimum Gasteiger partial charge on any atom is -0.558 e. The van der Waals surface area contributed by atoms with Crippen molar-refractivity contribution < 1.29 is 23.6 Å². The summed E-state index contributed by atoms with van der Waals surface area (Å²) >= 11 is 0. The molecule has 17 heavy (non-hydrogen) atoms. The zero-order valence-corrected chi connectivity index (χ0v) is 10.1. The van der Waals surface area contributed by atoms with Crippen molar-refractivity contribution in [3.63, 3.8) is 0 Å². The third kappa shape index (κ3) is 5.97. The Kier molecular flexibility index (Phi) is 5.56. The minimum atomic E-state index is -2.88. The van der Waals surface area contributed by atoms with Gasteiger partial charge in [0.1, 0.15) is 0 Å². The molecule has 1 N–H and O–H groups in total. The van der Waals surface area contributed by atoms with E-state index < -0.39 is 14.2 Å². The summed E-state index contributed by atoms with van der Waals surface area (Å²) in [6.45, 7) is 1.79. The second-order valence-corrected chi connectivity index (χ2v) is 3.83. The highest BCUT2D eigenvalue weighted by molar-refractivity contribution is 7.31. The molecule has 0 heterocycles. The van der Waals surface area contributed by atoms with Gasteiger partial charge in [0.25, 0.3) is 0 Å². The molecule has 0 aliphatic heterocycles. The maximum atomic E-state index is 10.4. The first-order valence-electron chi connectivity index (χ1n) is 4.89. The van der Waals surface area contributed by atoms with Gasteiger partial charge >= 0.3 is 14.2 Å². The molecule has 0 saturated heterocycles. The summed E-state index contributed by atoms with van der Waals surface area (Å²) in [5.41, 5.74) is 3.47. The van der Waals surface area contributed by atoms with Crippen LogP contribution in [-0.2, 0) is 20.6 Å². The number of rotatable bonds is 6. The average Bonchev–Trinajstić information content (AvgIpc) is 2.25. The molecule has 6 nitrogen and oxygen atoms in total. The topological polar surface area (TPSA) is 87.7 Å². The molecule has 1 rings (SSSR count). The zero-order chi connectivity index (χ0) is 12.7. The first-order valence-corrected chi connectivity index (χ1v) is 5.99. The number of carbonyl (C=O) groups excluding carboxylic acids is 1. The smallest absolute Gasteiger partial charge is 0.539 e. The van der Waals surface area contributed by atoms with Crippen LogP contribution in [0.3, 0.4) is 0 Å². The Morgan fingerprint density at radius 3 is 2.59 bits per heavy atom. The molecule has 0 fully saturated rings. The molecule has 0 aliphatic carbocycles. The van der Waals surface area contributed by atoms with Gasteiger partial charge in [0, 0.05) is 13.5 Å². The van der Waals surface area contributed by atoms with Gasteiger partial charge in [0.15, 0.2) is 5.75 Å². The van der Waals surface area contributed by atoms with Crippen LogP contribution in [0.15, 0.2) is 24.3 Å². The molecular weight excluding hydrogens is 245 g/mol. The standard InChI is InChI=1S/C10H12NO5P/c1-8(12)15-11-7-6-9-2-4-10(5-3-9)16-17(13)14/h2-5,11H,6-7H2,1H3. The Balaban J connectivity index is 2.35. The monoisotopic (exact) mass is 257 g/mol. The molecule has 0 spiro atoms. The molecule has 1 unspecified atom stereocenters. The van der Waals surface area contributed by atoms with Crippen molar-refractivity contribution in [3.8, 4) is 5.75 Å². The molecule has 1 atom stereocenters. The highest BCUT2D eigenvalue weighted by Gasteiger charge is 2.04.